The number of ether oxygens (including phenoxy) is 1. The van der Waals surface area contributed by atoms with Crippen molar-refractivity contribution in [3.8, 4) is 5.75 Å². The average Bonchev–Trinajstić information content (AvgIpc) is 3.70. The number of amides is 4. The van der Waals surface area contributed by atoms with Gasteiger partial charge in [-0.25, -0.2) is 8.78 Å². The molecule has 43 heavy (non-hydrogen) atoms. The van der Waals surface area contributed by atoms with Crippen LogP contribution in [0.4, 0.5) is 8.78 Å². The summed E-state index contributed by atoms with van der Waals surface area (Å²) in [6, 6.07) is 3.33. The van der Waals surface area contributed by atoms with E-state index in [1.807, 2.05) is 9.80 Å². The van der Waals surface area contributed by atoms with Crippen LogP contribution in [0.1, 0.15) is 80.1 Å². The first-order chi connectivity index (χ1) is 20.7. The Labute approximate surface area is 250 Å². The van der Waals surface area contributed by atoms with Gasteiger partial charge in [-0.15, -0.1) is 0 Å². The molecule has 2 aliphatic carbocycles. The van der Waals surface area contributed by atoms with E-state index in [-0.39, 0.29) is 43.5 Å². The van der Waals surface area contributed by atoms with E-state index in [1.165, 1.54) is 17.7 Å². The molecule has 2 saturated carbocycles. The first-order valence-electron chi connectivity index (χ1n) is 16.0. The number of alkyl halides is 2. The van der Waals surface area contributed by atoms with Crippen LogP contribution in [0.2, 0.25) is 0 Å². The number of likely N-dealkylation sites (tertiary alicyclic amines) is 2. The molecule has 1 aromatic carbocycles. The first-order valence-corrected chi connectivity index (χ1v) is 16.0. The van der Waals surface area contributed by atoms with Gasteiger partial charge in [0.2, 0.25) is 17.7 Å². The Kier molecular flexibility index (Phi) is 7.42. The van der Waals surface area contributed by atoms with Crippen LogP contribution in [-0.2, 0) is 20.9 Å². The molecule has 11 heteroatoms. The minimum Gasteiger partial charge on any atom is -0.489 e. The van der Waals surface area contributed by atoms with E-state index < -0.39 is 30.0 Å². The molecule has 4 heterocycles. The van der Waals surface area contributed by atoms with Crippen LogP contribution in [0.25, 0.3) is 0 Å². The van der Waals surface area contributed by atoms with E-state index in [2.05, 4.69) is 5.32 Å². The molecule has 0 spiro atoms. The maximum atomic E-state index is 15.4. The van der Waals surface area contributed by atoms with Crippen LogP contribution < -0.4 is 10.1 Å². The highest BCUT2D eigenvalue weighted by Gasteiger charge is 2.54. The fraction of sp³-hybridized carbons (Fsp3) is 0.688. The van der Waals surface area contributed by atoms with Crippen molar-refractivity contribution >= 4 is 23.6 Å². The second-order valence-corrected chi connectivity index (χ2v) is 13.6. The zero-order valence-corrected chi connectivity index (χ0v) is 24.4. The summed E-state index contributed by atoms with van der Waals surface area (Å²) in [7, 11) is 0. The van der Waals surface area contributed by atoms with Crippen molar-refractivity contribution < 1.29 is 32.7 Å². The molecular weight excluding hydrogens is 558 g/mol. The molecule has 1 aromatic rings. The van der Waals surface area contributed by atoms with Crippen molar-refractivity contribution in [3.05, 3.63) is 29.3 Å². The third kappa shape index (κ3) is 5.65. The average molecular weight is 599 g/mol. The minimum absolute atomic E-state index is 0.153. The number of nitrogens with one attached hydrogen (secondary N) is 1. The Balaban J connectivity index is 0.972. The second kappa shape index (κ2) is 11.1. The number of rotatable bonds is 7. The number of carbonyl (C=O) groups is 4. The fourth-order valence-corrected chi connectivity index (χ4v) is 7.93. The fourth-order valence-electron chi connectivity index (χ4n) is 7.93. The number of carbonyl (C=O) groups excluding carboxylic acids is 4. The molecule has 0 aromatic heterocycles. The molecule has 6 aliphatic rings. The van der Waals surface area contributed by atoms with Gasteiger partial charge in [-0.05, 0) is 86.5 Å². The van der Waals surface area contributed by atoms with Gasteiger partial charge in [-0.3, -0.25) is 29.4 Å². The number of fused-ring (bicyclic) bond motifs is 1. The number of halogens is 2. The topological polar surface area (TPSA) is 99.3 Å². The maximum Gasteiger partial charge on any atom is 0.266 e. The third-order valence-electron chi connectivity index (χ3n) is 10.6. The monoisotopic (exact) mass is 598 g/mol. The molecule has 4 amide bonds. The summed E-state index contributed by atoms with van der Waals surface area (Å²) in [5.74, 6) is -1.81. The van der Waals surface area contributed by atoms with E-state index in [0.29, 0.717) is 67.0 Å². The summed E-state index contributed by atoms with van der Waals surface area (Å²) in [5, 5.41) is 2.30. The van der Waals surface area contributed by atoms with Gasteiger partial charge in [0, 0.05) is 57.5 Å². The molecule has 3 saturated heterocycles. The molecule has 3 atom stereocenters. The van der Waals surface area contributed by atoms with Crippen molar-refractivity contribution in [1.29, 1.82) is 0 Å². The Morgan fingerprint density at radius 1 is 1.00 bits per heavy atom. The summed E-state index contributed by atoms with van der Waals surface area (Å²) >= 11 is 0. The number of imide groups is 1. The lowest BCUT2D eigenvalue weighted by Gasteiger charge is -2.53. The summed E-state index contributed by atoms with van der Waals surface area (Å²) in [6.07, 6.45) is 5.45. The smallest absolute Gasteiger partial charge is 0.266 e. The quantitative estimate of drug-likeness (QED) is 0.484. The Morgan fingerprint density at radius 2 is 1.77 bits per heavy atom. The Hall–Kier alpha value is -3.08. The maximum absolute atomic E-state index is 15.4. The SMILES string of the molecule is O=C1CCC(N2Cc3cc(O[C@@H]4CCCC(F)(F)[C@@H]4N4CC(C5CCN(C(=O)CC6CC6)CC5)C4)ccc3C2=O)C(=O)N1. The summed E-state index contributed by atoms with van der Waals surface area (Å²) in [6.45, 7) is 3.02. The van der Waals surface area contributed by atoms with Crippen molar-refractivity contribution in [2.75, 3.05) is 26.2 Å². The van der Waals surface area contributed by atoms with Gasteiger partial charge in [0.1, 0.15) is 23.9 Å². The van der Waals surface area contributed by atoms with E-state index in [9.17, 15) is 19.2 Å². The van der Waals surface area contributed by atoms with Crippen LogP contribution >= 0.6 is 0 Å². The highest BCUT2D eigenvalue weighted by atomic mass is 19.3. The van der Waals surface area contributed by atoms with E-state index >= 15 is 8.78 Å². The molecule has 0 bridgehead atoms. The van der Waals surface area contributed by atoms with Crippen molar-refractivity contribution in [3.63, 3.8) is 0 Å². The lowest BCUT2D eigenvalue weighted by molar-refractivity contribution is -0.172. The lowest BCUT2D eigenvalue weighted by atomic mass is 9.76. The molecular formula is C32H40F2N4O5. The van der Waals surface area contributed by atoms with Gasteiger partial charge >= 0.3 is 0 Å². The largest absolute Gasteiger partial charge is 0.489 e. The number of nitrogens with zero attached hydrogens (tertiary/aromatic N) is 3. The predicted molar refractivity (Wildman–Crippen MR) is 151 cm³/mol. The molecule has 1 N–H and O–H groups in total. The predicted octanol–water partition coefficient (Wildman–Crippen LogP) is 3.35. The van der Waals surface area contributed by atoms with E-state index in [4.69, 9.17) is 4.74 Å². The molecule has 9 nitrogen and oxygen atoms in total. The first kappa shape index (κ1) is 28.7. The normalized spacial score (nSPS) is 30.2. The van der Waals surface area contributed by atoms with Gasteiger partial charge in [-0.1, -0.05) is 0 Å². The third-order valence-corrected chi connectivity index (χ3v) is 10.6. The van der Waals surface area contributed by atoms with E-state index in [1.54, 1.807) is 18.2 Å². The van der Waals surface area contributed by atoms with Crippen molar-refractivity contribution in [2.24, 2.45) is 17.8 Å². The van der Waals surface area contributed by atoms with Gasteiger partial charge in [0.05, 0.1) is 0 Å². The van der Waals surface area contributed by atoms with Crippen molar-refractivity contribution in [2.45, 2.75) is 94.9 Å². The summed E-state index contributed by atoms with van der Waals surface area (Å²) < 4.78 is 37.1. The number of piperidine rings is 2. The summed E-state index contributed by atoms with van der Waals surface area (Å²) in [5.41, 5.74) is 1.16. The number of hydrogen-bond acceptors (Lipinski definition) is 6. The van der Waals surface area contributed by atoms with Crippen LogP contribution in [0, 0.1) is 17.8 Å². The van der Waals surface area contributed by atoms with E-state index in [0.717, 1.165) is 25.9 Å². The highest BCUT2D eigenvalue weighted by Crippen LogP contribution is 2.44. The number of hydrogen-bond donors (Lipinski definition) is 1. The molecule has 232 valence electrons. The number of benzene rings is 1. The molecule has 5 fully saturated rings. The van der Waals surface area contributed by atoms with Gasteiger partial charge in [0.15, 0.2) is 0 Å². The summed E-state index contributed by atoms with van der Waals surface area (Å²) in [4.78, 5) is 54.8. The van der Waals surface area contributed by atoms with Gasteiger partial charge < -0.3 is 14.5 Å². The standard InChI is InChI=1S/C32H40F2N4O5/c33-32(34)11-1-2-26(29(32)37-16-22(17-37)20-9-12-36(13-10-20)28(40)14-19-3-4-19)43-23-5-6-24-21(15-23)18-38(31(24)42)25-7-8-27(39)35-30(25)41/h5-6,15,19-20,22,25-26,29H,1-4,7-14,16-18H2,(H,35,39,41)/t25?,26-,29-/m1/s1. The lowest BCUT2D eigenvalue weighted by Crippen LogP contribution is -2.66. The van der Waals surface area contributed by atoms with Crippen LogP contribution in [0.3, 0.4) is 0 Å². The van der Waals surface area contributed by atoms with Crippen LogP contribution in [-0.4, -0.2) is 88.6 Å². The Bertz CT molecular complexity index is 1300. The molecule has 4 aliphatic heterocycles. The Morgan fingerprint density at radius 3 is 2.49 bits per heavy atom. The van der Waals surface area contributed by atoms with Crippen LogP contribution in [0.5, 0.6) is 5.75 Å². The highest BCUT2D eigenvalue weighted by molar-refractivity contribution is 6.05. The minimum atomic E-state index is -2.86. The zero-order chi connectivity index (χ0) is 29.9. The van der Waals surface area contributed by atoms with Crippen LogP contribution in [0.15, 0.2) is 18.2 Å². The zero-order valence-electron chi connectivity index (χ0n) is 24.4. The van der Waals surface area contributed by atoms with Crippen molar-refractivity contribution in [1.82, 2.24) is 20.0 Å². The molecule has 1 unspecified atom stereocenters. The van der Waals surface area contributed by atoms with Gasteiger partial charge in [-0.2, -0.15) is 0 Å². The van der Waals surface area contributed by atoms with Gasteiger partial charge in [0.25, 0.3) is 11.8 Å². The molecule has 0 radical (unpaired) electrons. The molecule has 7 rings (SSSR count). The second-order valence-electron chi connectivity index (χ2n) is 13.6.